The standard InChI is InChI=1S/C18H16F3N5O2/c1-3-11-9-15(27)24-17(22-11)26-14(8-10(2)25-26)23-16(28)12-6-4-5-7-13(12)18(19,20)21/h4-9H,3H2,1-2H3,(H,23,28)(H,22,24,27). The Hall–Kier alpha value is -3.43. The Balaban J connectivity index is 2.01. The van der Waals surface area contributed by atoms with Crippen molar-refractivity contribution in [1.29, 1.82) is 0 Å². The van der Waals surface area contributed by atoms with Crippen LogP contribution < -0.4 is 10.9 Å². The van der Waals surface area contributed by atoms with Crippen molar-refractivity contribution in [2.24, 2.45) is 0 Å². The molecule has 0 aliphatic carbocycles. The molecule has 0 bridgehead atoms. The van der Waals surface area contributed by atoms with Crippen molar-refractivity contribution in [3.05, 3.63) is 69.3 Å². The van der Waals surface area contributed by atoms with Gasteiger partial charge >= 0.3 is 6.18 Å². The van der Waals surface area contributed by atoms with E-state index in [0.717, 1.165) is 12.1 Å². The van der Waals surface area contributed by atoms with Crippen LogP contribution in [0.15, 0.2) is 41.2 Å². The summed E-state index contributed by atoms with van der Waals surface area (Å²) < 4.78 is 40.7. The summed E-state index contributed by atoms with van der Waals surface area (Å²) in [5, 5.41) is 6.58. The first kappa shape index (κ1) is 19.3. The van der Waals surface area contributed by atoms with Crippen LogP contribution in [0.3, 0.4) is 0 Å². The zero-order valence-electron chi connectivity index (χ0n) is 15.0. The summed E-state index contributed by atoms with van der Waals surface area (Å²) in [5.74, 6) is -0.823. The van der Waals surface area contributed by atoms with Crippen LogP contribution in [0.1, 0.15) is 34.2 Å². The van der Waals surface area contributed by atoms with Crippen LogP contribution in [0, 0.1) is 6.92 Å². The maximum absolute atomic E-state index is 13.2. The van der Waals surface area contributed by atoms with E-state index in [1.54, 1.807) is 6.92 Å². The lowest BCUT2D eigenvalue weighted by molar-refractivity contribution is -0.137. The summed E-state index contributed by atoms with van der Waals surface area (Å²) in [5.41, 5.74) is -0.996. The number of anilines is 1. The molecule has 2 heterocycles. The molecule has 3 rings (SSSR count). The van der Waals surface area contributed by atoms with E-state index in [0.29, 0.717) is 17.8 Å². The molecule has 0 saturated carbocycles. The number of halogens is 3. The molecular weight excluding hydrogens is 375 g/mol. The normalized spacial score (nSPS) is 11.5. The van der Waals surface area contributed by atoms with Crippen LogP contribution in [-0.2, 0) is 12.6 Å². The van der Waals surface area contributed by atoms with Gasteiger partial charge in [-0.3, -0.25) is 14.6 Å². The Morgan fingerprint density at radius 3 is 2.64 bits per heavy atom. The van der Waals surface area contributed by atoms with Crippen LogP contribution in [-0.4, -0.2) is 25.7 Å². The van der Waals surface area contributed by atoms with Crippen molar-refractivity contribution in [1.82, 2.24) is 19.7 Å². The van der Waals surface area contributed by atoms with Gasteiger partial charge in [-0.2, -0.15) is 23.0 Å². The Kier molecular flexibility index (Phi) is 5.04. The highest BCUT2D eigenvalue weighted by molar-refractivity contribution is 6.05. The van der Waals surface area contributed by atoms with Crippen LogP contribution in [0.2, 0.25) is 0 Å². The molecule has 3 aromatic rings. The average molecular weight is 391 g/mol. The second kappa shape index (κ2) is 7.29. The van der Waals surface area contributed by atoms with Gasteiger partial charge in [-0.05, 0) is 25.5 Å². The number of amides is 1. The van der Waals surface area contributed by atoms with E-state index in [1.807, 2.05) is 6.92 Å². The molecule has 0 atom stereocenters. The molecule has 0 saturated heterocycles. The number of aryl methyl sites for hydroxylation is 2. The molecule has 2 aromatic heterocycles. The van der Waals surface area contributed by atoms with E-state index in [9.17, 15) is 22.8 Å². The van der Waals surface area contributed by atoms with Gasteiger partial charge < -0.3 is 5.32 Å². The lowest BCUT2D eigenvalue weighted by Gasteiger charge is -2.13. The number of alkyl halides is 3. The molecule has 0 radical (unpaired) electrons. The van der Waals surface area contributed by atoms with E-state index in [1.165, 1.54) is 28.9 Å². The lowest BCUT2D eigenvalue weighted by Crippen LogP contribution is -2.21. The molecule has 28 heavy (non-hydrogen) atoms. The van der Waals surface area contributed by atoms with Gasteiger partial charge in [0, 0.05) is 17.8 Å². The summed E-state index contributed by atoms with van der Waals surface area (Å²) in [7, 11) is 0. The number of aromatic amines is 1. The monoisotopic (exact) mass is 391 g/mol. The number of carbonyl (C=O) groups is 1. The summed E-state index contributed by atoms with van der Waals surface area (Å²) in [6.07, 6.45) is -4.18. The minimum atomic E-state index is -4.67. The predicted octanol–water partition coefficient (Wildman–Crippen LogP) is 3.10. The molecule has 1 amide bonds. The number of aromatic nitrogens is 4. The van der Waals surface area contributed by atoms with Gasteiger partial charge in [0.15, 0.2) is 0 Å². The third-order valence-corrected chi connectivity index (χ3v) is 3.90. The number of nitrogens with zero attached hydrogens (tertiary/aromatic N) is 3. The first-order valence-electron chi connectivity index (χ1n) is 8.34. The second-order valence-corrected chi connectivity index (χ2v) is 5.99. The average Bonchev–Trinajstić information content (AvgIpc) is 3.00. The first-order valence-corrected chi connectivity index (χ1v) is 8.34. The van der Waals surface area contributed by atoms with Crippen LogP contribution in [0.4, 0.5) is 19.0 Å². The SMILES string of the molecule is CCc1cc(=O)[nH]c(-n2nc(C)cc2NC(=O)c2ccccc2C(F)(F)F)n1. The second-order valence-electron chi connectivity index (χ2n) is 5.99. The van der Waals surface area contributed by atoms with Crippen molar-refractivity contribution in [2.75, 3.05) is 5.32 Å². The zero-order chi connectivity index (χ0) is 20.5. The van der Waals surface area contributed by atoms with E-state index in [2.05, 4.69) is 20.4 Å². The highest BCUT2D eigenvalue weighted by atomic mass is 19.4. The van der Waals surface area contributed by atoms with Gasteiger partial charge in [-0.25, -0.2) is 4.98 Å². The number of benzene rings is 1. The molecule has 0 spiro atoms. The molecule has 10 heteroatoms. The minimum Gasteiger partial charge on any atom is -0.306 e. The maximum atomic E-state index is 13.2. The highest BCUT2D eigenvalue weighted by Gasteiger charge is 2.35. The summed E-state index contributed by atoms with van der Waals surface area (Å²) in [6.45, 7) is 3.45. The third kappa shape index (κ3) is 3.95. The maximum Gasteiger partial charge on any atom is 0.417 e. The van der Waals surface area contributed by atoms with E-state index >= 15 is 0 Å². The fourth-order valence-corrected chi connectivity index (χ4v) is 2.64. The molecule has 0 aliphatic heterocycles. The van der Waals surface area contributed by atoms with Gasteiger partial charge in [0.25, 0.3) is 11.5 Å². The van der Waals surface area contributed by atoms with Crippen molar-refractivity contribution in [2.45, 2.75) is 26.4 Å². The first-order chi connectivity index (χ1) is 13.2. The number of carbonyl (C=O) groups excluding carboxylic acids is 1. The number of hydrogen-bond acceptors (Lipinski definition) is 4. The molecule has 0 aliphatic rings. The zero-order valence-corrected chi connectivity index (χ0v) is 15.0. The number of hydrogen-bond donors (Lipinski definition) is 2. The van der Waals surface area contributed by atoms with Crippen LogP contribution in [0.25, 0.3) is 5.95 Å². The molecule has 0 fully saturated rings. The number of H-pyrrole nitrogens is 1. The molecule has 1 aromatic carbocycles. The highest BCUT2D eigenvalue weighted by Crippen LogP contribution is 2.32. The Bertz CT molecular complexity index is 1090. The van der Waals surface area contributed by atoms with E-state index in [-0.39, 0.29) is 11.8 Å². The van der Waals surface area contributed by atoms with Gasteiger partial charge in [0.1, 0.15) is 5.82 Å². The topological polar surface area (TPSA) is 92.7 Å². The fourth-order valence-electron chi connectivity index (χ4n) is 2.64. The van der Waals surface area contributed by atoms with Crippen LogP contribution >= 0.6 is 0 Å². The third-order valence-electron chi connectivity index (χ3n) is 3.90. The molecule has 2 N–H and O–H groups in total. The van der Waals surface area contributed by atoms with Crippen molar-refractivity contribution in [3.63, 3.8) is 0 Å². The van der Waals surface area contributed by atoms with Crippen molar-refractivity contribution < 1.29 is 18.0 Å². The molecule has 146 valence electrons. The Labute approximate surface area is 157 Å². The van der Waals surface area contributed by atoms with Gasteiger partial charge in [0.2, 0.25) is 5.95 Å². The smallest absolute Gasteiger partial charge is 0.306 e. The van der Waals surface area contributed by atoms with E-state index < -0.39 is 28.8 Å². The lowest BCUT2D eigenvalue weighted by atomic mass is 10.1. The summed E-state index contributed by atoms with van der Waals surface area (Å²) in [4.78, 5) is 31.1. The molecule has 0 unspecified atom stereocenters. The van der Waals surface area contributed by atoms with Crippen molar-refractivity contribution in [3.8, 4) is 5.95 Å². The number of rotatable bonds is 4. The number of nitrogens with one attached hydrogen (secondary N) is 2. The Morgan fingerprint density at radius 2 is 1.96 bits per heavy atom. The largest absolute Gasteiger partial charge is 0.417 e. The fraction of sp³-hybridized carbons (Fsp3) is 0.222. The minimum absolute atomic E-state index is 0.0526. The summed E-state index contributed by atoms with van der Waals surface area (Å²) in [6, 6.07) is 7.27. The van der Waals surface area contributed by atoms with Gasteiger partial charge in [-0.1, -0.05) is 19.1 Å². The predicted molar refractivity (Wildman–Crippen MR) is 95.5 cm³/mol. The van der Waals surface area contributed by atoms with Gasteiger partial charge in [-0.15, -0.1) is 0 Å². The van der Waals surface area contributed by atoms with Crippen molar-refractivity contribution >= 4 is 11.7 Å². The summed E-state index contributed by atoms with van der Waals surface area (Å²) >= 11 is 0. The van der Waals surface area contributed by atoms with Crippen LogP contribution in [0.5, 0.6) is 0 Å². The van der Waals surface area contributed by atoms with Gasteiger partial charge in [0.05, 0.1) is 16.8 Å². The van der Waals surface area contributed by atoms with E-state index in [4.69, 9.17) is 0 Å². The molecular formula is C18H16F3N5O2. The quantitative estimate of drug-likeness (QED) is 0.715. The molecule has 7 nitrogen and oxygen atoms in total. The Morgan fingerprint density at radius 1 is 1.25 bits per heavy atom.